The van der Waals surface area contributed by atoms with Crippen LogP contribution in [0.4, 0.5) is 4.39 Å². The van der Waals surface area contributed by atoms with Crippen molar-refractivity contribution in [3.63, 3.8) is 0 Å². The van der Waals surface area contributed by atoms with Crippen molar-refractivity contribution in [3.8, 4) is 5.69 Å². The Bertz CT molecular complexity index is 604. The zero-order chi connectivity index (χ0) is 15.4. The summed E-state index contributed by atoms with van der Waals surface area (Å²) >= 11 is 0. The molecule has 1 unspecified atom stereocenters. The number of aryl methyl sites for hydroxylation is 2. The number of hydrogen-bond donors (Lipinski definition) is 1. The van der Waals surface area contributed by atoms with Crippen molar-refractivity contribution in [2.24, 2.45) is 0 Å². The van der Waals surface area contributed by atoms with Crippen molar-refractivity contribution in [3.05, 3.63) is 47.0 Å². The summed E-state index contributed by atoms with van der Waals surface area (Å²) in [4.78, 5) is 0. The molecule has 0 aliphatic rings. The van der Waals surface area contributed by atoms with Gasteiger partial charge in [0.1, 0.15) is 11.5 Å². The minimum absolute atomic E-state index is 0.146. The molecule has 114 valence electrons. The Balaban J connectivity index is 2.39. The number of benzene rings is 1. The van der Waals surface area contributed by atoms with E-state index >= 15 is 0 Å². The molecule has 0 radical (unpaired) electrons. The molecule has 0 bridgehead atoms. The van der Waals surface area contributed by atoms with Crippen LogP contribution in [0.5, 0.6) is 0 Å². The van der Waals surface area contributed by atoms with Crippen LogP contribution in [0.1, 0.15) is 50.7 Å². The van der Waals surface area contributed by atoms with Crippen molar-refractivity contribution in [2.45, 2.75) is 46.6 Å². The van der Waals surface area contributed by atoms with Gasteiger partial charge < -0.3 is 5.32 Å². The highest BCUT2D eigenvalue weighted by Crippen LogP contribution is 2.21. The van der Waals surface area contributed by atoms with Crippen molar-refractivity contribution < 1.29 is 4.39 Å². The molecular formula is C17H24FN3. The summed E-state index contributed by atoms with van der Waals surface area (Å²) < 4.78 is 16.2. The first-order valence-electron chi connectivity index (χ1n) is 7.71. The van der Waals surface area contributed by atoms with E-state index in [9.17, 15) is 4.39 Å². The highest BCUT2D eigenvalue weighted by Gasteiger charge is 2.13. The number of nitrogens with zero attached hydrogens (tertiary/aromatic N) is 2. The third-order valence-electron chi connectivity index (χ3n) is 3.77. The summed E-state index contributed by atoms with van der Waals surface area (Å²) in [6, 6.07) is 7.60. The molecule has 0 saturated carbocycles. The molecule has 21 heavy (non-hydrogen) atoms. The fraction of sp³-hybridized carbons (Fsp3) is 0.471. The third kappa shape index (κ3) is 3.32. The molecule has 0 saturated heterocycles. The second-order valence-corrected chi connectivity index (χ2v) is 5.24. The van der Waals surface area contributed by atoms with Gasteiger partial charge in [0.25, 0.3) is 0 Å². The van der Waals surface area contributed by atoms with Gasteiger partial charge in [0.2, 0.25) is 0 Å². The van der Waals surface area contributed by atoms with E-state index in [4.69, 9.17) is 0 Å². The molecule has 0 spiro atoms. The van der Waals surface area contributed by atoms with E-state index in [-0.39, 0.29) is 11.9 Å². The van der Waals surface area contributed by atoms with E-state index in [0.29, 0.717) is 5.69 Å². The summed E-state index contributed by atoms with van der Waals surface area (Å²) in [5, 5.41) is 7.80. The fourth-order valence-electron chi connectivity index (χ4n) is 2.50. The molecule has 2 aromatic rings. The van der Waals surface area contributed by atoms with Crippen LogP contribution in [0.25, 0.3) is 5.69 Å². The maximum absolute atomic E-state index is 14.5. The predicted molar refractivity (Wildman–Crippen MR) is 84.4 cm³/mol. The Kier molecular flexibility index (Phi) is 5.12. The molecule has 1 atom stereocenters. The first kappa shape index (κ1) is 15.7. The van der Waals surface area contributed by atoms with Gasteiger partial charge in [-0.05, 0) is 50.1 Å². The van der Waals surface area contributed by atoms with Crippen LogP contribution in [0.15, 0.2) is 24.3 Å². The average Bonchev–Trinajstić information content (AvgIpc) is 2.90. The van der Waals surface area contributed by atoms with Crippen LogP contribution in [0, 0.1) is 5.82 Å². The van der Waals surface area contributed by atoms with E-state index in [2.05, 4.69) is 30.3 Å². The molecule has 0 aliphatic heterocycles. The van der Waals surface area contributed by atoms with Gasteiger partial charge in [-0.3, -0.25) is 0 Å². The Morgan fingerprint density at radius 2 is 1.95 bits per heavy atom. The topological polar surface area (TPSA) is 29.9 Å². The van der Waals surface area contributed by atoms with Gasteiger partial charge in [0.05, 0.1) is 5.69 Å². The standard InChI is InChI=1S/C17H24FN3/c1-5-14-11-15(6-2)21(20-14)17-9-8-13(10-16(17)18)12(4)19-7-3/h8-12,19H,5-7H2,1-4H3. The summed E-state index contributed by atoms with van der Waals surface area (Å²) in [7, 11) is 0. The predicted octanol–water partition coefficient (Wildman–Crippen LogP) is 3.81. The number of aromatic nitrogens is 2. The van der Waals surface area contributed by atoms with Gasteiger partial charge in [0.15, 0.2) is 0 Å². The maximum Gasteiger partial charge on any atom is 0.149 e. The molecule has 0 aliphatic carbocycles. The highest BCUT2D eigenvalue weighted by molar-refractivity contribution is 5.39. The molecule has 0 fully saturated rings. The van der Waals surface area contributed by atoms with Gasteiger partial charge in [-0.2, -0.15) is 5.10 Å². The molecule has 1 aromatic heterocycles. The first-order chi connectivity index (χ1) is 10.1. The lowest BCUT2D eigenvalue weighted by Gasteiger charge is -2.14. The van der Waals surface area contributed by atoms with Crippen molar-refractivity contribution in [1.82, 2.24) is 15.1 Å². The number of rotatable bonds is 6. The summed E-state index contributed by atoms with van der Waals surface area (Å²) in [6.07, 6.45) is 1.69. The summed E-state index contributed by atoms with van der Waals surface area (Å²) in [5.41, 5.74) is 3.52. The smallest absolute Gasteiger partial charge is 0.149 e. The molecule has 1 aromatic carbocycles. The molecule has 4 heteroatoms. The van der Waals surface area contributed by atoms with E-state index in [0.717, 1.165) is 36.3 Å². The molecule has 1 N–H and O–H groups in total. The van der Waals surface area contributed by atoms with E-state index in [1.54, 1.807) is 10.7 Å². The van der Waals surface area contributed by atoms with E-state index < -0.39 is 0 Å². The molecular weight excluding hydrogens is 265 g/mol. The zero-order valence-electron chi connectivity index (χ0n) is 13.3. The second kappa shape index (κ2) is 6.85. The summed E-state index contributed by atoms with van der Waals surface area (Å²) in [6.45, 7) is 9.07. The van der Waals surface area contributed by atoms with Gasteiger partial charge in [-0.25, -0.2) is 9.07 Å². The summed E-state index contributed by atoms with van der Waals surface area (Å²) in [5.74, 6) is -0.224. The molecule has 1 heterocycles. The van der Waals surface area contributed by atoms with Crippen LogP contribution >= 0.6 is 0 Å². The largest absolute Gasteiger partial charge is 0.310 e. The van der Waals surface area contributed by atoms with Crippen molar-refractivity contribution >= 4 is 0 Å². The first-order valence-corrected chi connectivity index (χ1v) is 7.71. The van der Waals surface area contributed by atoms with Crippen LogP contribution in [-0.4, -0.2) is 16.3 Å². The fourth-order valence-corrected chi connectivity index (χ4v) is 2.50. The number of nitrogens with one attached hydrogen (secondary N) is 1. The van der Waals surface area contributed by atoms with Gasteiger partial charge in [-0.15, -0.1) is 0 Å². The van der Waals surface area contributed by atoms with Gasteiger partial charge in [-0.1, -0.05) is 26.8 Å². The Hall–Kier alpha value is -1.68. The number of halogens is 1. The molecule has 2 rings (SSSR count). The minimum atomic E-state index is -0.224. The minimum Gasteiger partial charge on any atom is -0.310 e. The normalized spacial score (nSPS) is 12.6. The quantitative estimate of drug-likeness (QED) is 0.876. The lowest BCUT2D eigenvalue weighted by molar-refractivity contribution is 0.575. The SMILES string of the molecule is CCNC(C)c1ccc(-n2nc(CC)cc2CC)c(F)c1. The Labute approximate surface area is 126 Å². The van der Waals surface area contributed by atoms with Gasteiger partial charge >= 0.3 is 0 Å². The maximum atomic E-state index is 14.5. The second-order valence-electron chi connectivity index (χ2n) is 5.24. The zero-order valence-corrected chi connectivity index (χ0v) is 13.3. The third-order valence-corrected chi connectivity index (χ3v) is 3.77. The van der Waals surface area contributed by atoms with E-state index in [1.807, 2.05) is 26.0 Å². The lowest BCUT2D eigenvalue weighted by atomic mass is 10.1. The lowest BCUT2D eigenvalue weighted by Crippen LogP contribution is -2.18. The van der Waals surface area contributed by atoms with Crippen LogP contribution in [0.3, 0.4) is 0 Å². The monoisotopic (exact) mass is 289 g/mol. The Morgan fingerprint density at radius 1 is 1.19 bits per heavy atom. The van der Waals surface area contributed by atoms with Gasteiger partial charge in [0, 0.05) is 11.7 Å². The highest BCUT2D eigenvalue weighted by atomic mass is 19.1. The average molecular weight is 289 g/mol. The molecule has 3 nitrogen and oxygen atoms in total. The van der Waals surface area contributed by atoms with Crippen molar-refractivity contribution in [1.29, 1.82) is 0 Å². The molecule has 0 amide bonds. The van der Waals surface area contributed by atoms with Crippen LogP contribution in [-0.2, 0) is 12.8 Å². The Morgan fingerprint density at radius 3 is 2.52 bits per heavy atom. The van der Waals surface area contributed by atoms with Crippen LogP contribution in [0.2, 0.25) is 0 Å². The van der Waals surface area contributed by atoms with Crippen molar-refractivity contribution in [2.75, 3.05) is 6.54 Å². The van der Waals surface area contributed by atoms with Crippen LogP contribution < -0.4 is 5.32 Å². The van der Waals surface area contributed by atoms with E-state index in [1.165, 1.54) is 0 Å². The number of hydrogen-bond acceptors (Lipinski definition) is 2.